The van der Waals surface area contributed by atoms with Crippen molar-refractivity contribution >= 4 is 0 Å². The molecule has 15 heavy (non-hydrogen) atoms. The molecule has 2 fully saturated rings. The van der Waals surface area contributed by atoms with Crippen molar-refractivity contribution in [1.29, 1.82) is 0 Å². The van der Waals surface area contributed by atoms with E-state index < -0.39 is 0 Å². The Kier molecular flexibility index (Phi) is 4.04. The average Bonchev–Trinajstić information content (AvgIpc) is 2.23. The van der Waals surface area contributed by atoms with Crippen LogP contribution in [0.4, 0.5) is 0 Å². The highest BCUT2D eigenvalue weighted by atomic mass is 15.2. The lowest BCUT2D eigenvalue weighted by Gasteiger charge is -2.42. The molecule has 0 amide bonds. The van der Waals surface area contributed by atoms with E-state index in [4.69, 9.17) is 0 Å². The maximum Gasteiger partial charge on any atom is 0.0246 e. The molecule has 2 heteroatoms. The first-order chi connectivity index (χ1) is 7.31. The van der Waals surface area contributed by atoms with E-state index in [0.29, 0.717) is 0 Å². The van der Waals surface area contributed by atoms with E-state index in [1.54, 1.807) is 0 Å². The van der Waals surface area contributed by atoms with Crippen LogP contribution in [0.2, 0.25) is 0 Å². The molecule has 2 rings (SSSR count). The Balaban J connectivity index is 1.86. The zero-order valence-electron chi connectivity index (χ0n) is 10.3. The lowest BCUT2D eigenvalue weighted by molar-refractivity contribution is 0.0791. The van der Waals surface area contributed by atoms with Crippen LogP contribution in [0.3, 0.4) is 0 Å². The van der Waals surface area contributed by atoms with Crippen LogP contribution in [-0.4, -0.2) is 37.1 Å². The summed E-state index contributed by atoms with van der Waals surface area (Å²) >= 11 is 0. The second-order valence-corrected chi connectivity index (χ2v) is 5.45. The third-order valence-electron chi connectivity index (χ3n) is 4.42. The summed E-state index contributed by atoms with van der Waals surface area (Å²) in [4.78, 5) is 2.76. The van der Waals surface area contributed by atoms with Gasteiger partial charge in [0.25, 0.3) is 0 Å². The van der Waals surface area contributed by atoms with Crippen molar-refractivity contribution in [3.05, 3.63) is 0 Å². The Labute approximate surface area is 94.4 Å². The van der Waals surface area contributed by atoms with Gasteiger partial charge in [0.2, 0.25) is 0 Å². The molecule has 1 heterocycles. The van der Waals surface area contributed by atoms with Crippen molar-refractivity contribution in [1.82, 2.24) is 10.2 Å². The highest BCUT2D eigenvalue weighted by Crippen LogP contribution is 2.29. The van der Waals surface area contributed by atoms with Gasteiger partial charge in [0, 0.05) is 32.2 Å². The Morgan fingerprint density at radius 1 is 1.40 bits per heavy atom. The fraction of sp³-hybridized carbons (Fsp3) is 1.00. The number of hydrogen-bond donors (Lipinski definition) is 1. The molecule has 1 saturated carbocycles. The highest BCUT2D eigenvalue weighted by molar-refractivity contribution is 4.86. The second-order valence-electron chi connectivity index (χ2n) is 5.45. The average molecular weight is 210 g/mol. The van der Waals surface area contributed by atoms with Crippen molar-refractivity contribution < 1.29 is 0 Å². The lowest BCUT2D eigenvalue weighted by Crippen LogP contribution is -2.55. The summed E-state index contributed by atoms with van der Waals surface area (Å²) in [5, 5.41) is 3.55. The Morgan fingerprint density at radius 2 is 2.20 bits per heavy atom. The van der Waals surface area contributed by atoms with Crippen LogP contribution >= 0.6 is 0 Å². The van der Waals surface area contributed by atoms with Gasteiger partial charge in [-0.3, -0.25) is 4.90 Å². The van der Waals surface area contributed by atoms with Crippen LogP contribution in [0.15, 0.2) is 0 Å². The van der Waals surface area contributed by atoms with Crippen LogP contribution in [-0.2, 0) is 0 Å². The quantitative estimate of drug-likeness (QED) is 0.764. The van der Waals surface area contributed by atoms with E-state index in [1.165, 1.54) is 51.9 Å². The Bertz CT molecular complexity index is 189. The van der Waals surface area contributed by atoms with Gasteiger partial charge in [-0.25, -0.2) is 0 Å². The van der Waals surface area contributed by atoms with E-state index in [-0.39, 0.29) is 0 Å². The molecular weight excluding hydrogens is 184 g/mol. The molecule has 0 bridgehead atoms. The summed E-state index contributed by atoms with van der Waals surface area (Å²) in [6.45, 7) is 9.77. The maximum atomic E-state index is 3.55. The van der Waals surface area contributed by atoms with Gasteiger partial charge >= 0.3 is 0 Å². The van der Waals surface area contributed by atoms with Gasteiger partial charge in [0.05, 0.1) is 0 Å². The molecule has 2 unspecified atom stereocenters. The van der Waals surface area contributed by atoms with Gasteiger partial charge in [-0.05, 0) is 24.7 Å². The Hall–Kier alpha value is -0.0800. The minimum absolute atomic E-state index is 0.796. The molecule has 88 valence electrons. The van der Waals surface area contributed by atoms with Gasteiger partial charge in [-0.15, -0.1) is 0 Å². The molecule has 0 spiro atoms. The van der Waals surface area contributed by atoms with Gasteiger partial charge in [-0.1, -0.05) is 26.7 Å². The zero-order chi connectivity index (χ0) is 10.7. The third kappa shape index (κ3) is 2.73. The fourth-order valence-electron chi connectivity index (χ4n) is 2.83. The van der Waals surface area contributed by atoms with E-state index >= 15 is 0 Å². The van der Waals surface area contributed by atoms with Gasteiger partial charge < -0.3 is 5.32 Å². The van der Waals surface area contributed by atoms with Crippen LogP contribution in [0, 0.1) is 11.8 Å². The van der Waals surface area contributed by atoms with Crippen molar-refractivity contribution in [3.63, 3.8) is 0 Å². The third-order valence-corrected chi connectivity index (χ3v) is 4.42. The van der Waals surface area contributed by atoms with Crippen molar-refractivity contribution in [3.8, 4) is 0 Å². The molecule has 1 saturated heterocycles. The summed E-state index contributed by atoms with van der Waals surface area (Å²) in [6, 6.07) is 0.796. The molecular formula is C13H26N2. The highest BCUT2D eigenvalue weighted by Gasteiger charge is 2.29. The van der Waals surface area contributed by atoms with E-state index in [0.717, 1.165) is 17.9 Å². The number of rotatable bonds is 4. The van der Waals surface area contributed by atoms with Crippen LogP contribution in [0.25, 0.3) is 0 Å². The van der Waals surface area contributed by atoms with Crippen LogP contribution in [0.1, 0.15) is 39.5 Å². The first-order valence-corrected chi connectivity index (χ1v) is 6.76. The number of nitrogens with zero attached hydrogens (tertiary/aromatic N) is 1. The smallest absolute Gasteiger partial charge is 0.0246 e. The number of hydrogen-bond acceptors (Lipinski definition) is 2. The lowest BCUT2D eigenvalue weighted by atomic mass is 9.84. The van der Waals surface area contributed by atoms with E-state index in [1.807, 2.05) is 0 Å². The monoisotopic (exact) mass is 210 g/mol. The van der Waals surface area contributed by atoms with E-state index in [2.05, 4.69) is 24.1 Å². The standard InChI is InChI=1S/C13H26N2/c1-3-11(2)13-9-14-7-8-15(13)10-12-5-4-6-12/h11-14H,3-10H2,1-2H3. The molecule has 1 aliphatic heterocycles. The molecule has 2 atom stereocenters. The fourth-order valence-corrected chi connectivity index (χ4v) is 2.83. The van der Waals surface area contributed by atoms with Crippen molar-refractivity contribution in [2.45, 2.75) is 45.6 Å². The van der Waals surface area contributed by atoms with Gasteiger partial charge in [0.1, 0.15) is 0 Å². The maximum absolute atomic E-state index is 3.55. The molecule has 0 radical (unpaired) electrons. The molecule has 1 N–H and O–H groups in total. The molecule has 2 nitrogen and oxygen atoms in total. The van der Waals surface area contributed by atoms with Gasteiger partial charge in [-0.2, -0.15) is 0 Å². The van der Waals surface area contributed by atoms with Crippen molar-refractivity contribution in [2.75, 3.05) is 26.2 Å². The van der Waals surface area contributed by atoms with Crippen molar-refractivity contribution in [2.24, 2.45) is 11.8 Å². The molecule has 0 aromatic rings. The molecule has 2 aliphatic rings. The molecule has 1 aliphatic carbocycles. The zero-order valence-corrected chi connectivity index (χ0v) is 10.3. The van der Waals surface area contributed by atoms with Gasteiger partial charge in [0.15, 0.2) is 0 Å². The largest absolute Gasteiger partial charge is 0.314 e. The Morgan fingerprint density at radius 3 is 2.80 bits per heavy atom. The summed E-state index contributed by atoms with van der Waals surface area (Å²) in [7, 11) is 0. The first kappa shape index (κ1) is 11.4. The molecule has 0 aromatic carbocycles. The number of nitrogens with one attached hydrogen (secondary N) is 1. The second kappa shape index (κ2) is 5.31. The minimum Gasteiger partial charge on any atom is -0.314 e. The SMILES string of the molecule is CCC(C)C1CNCCN1CC1CCC1. The summed E-state index contributed by atoms with van der Waals surface area (Å²) in [6.07, 6.45) is 5.76. The summed E-state index contributed by atoms with van der Waals surface area (Å²) in [5.41, 5.74) is 0. The summed E-state index contributed by atoms with van der Waals surface area (Å²) < 4.78 is 0. The predicted molar refractivity (Wildman–Crippen MR) is 65.0 cm³/mol. The number of piperazine rings is 1. The van der Waals surface area contributed by atoms with Crippen LogP contribution in [0.5, 0.6) is 0 Å². The van der Waals surface area contributed by atoms with E-state index in [9.17, 15) is 0 Å². The normalized spacial score (nSPS) is 31.2. The summed E-state index contributed by atoms with van der Waals surface area (Å²) in [5.74, 6) is 1.87. The molecule has 0 aromatic heterocycles. The minimum atomic E-state index is 0.796. The predicted octanol–water partition coefficient (Wildman–Crippen LogP) is 2.11. The first-order valence-electron chi connectivity index (χ1n) is 6.76. The topological polar surface area (TPSA) is 15.3 Å². The van der Waals surface area contributed by atoms with Crippen LogP contribution < -0.4 is 5.32 Å².